The van der Waals surface area contributed by atoms with E-state index in [0.29, 0.717) is 10.9 Å². The zero-order valence-corrected chi connectivity index (χ0v) is 19.5. The monoisotopic (exact) mass is 415 g/mol. The summed E-state index contributed by atoms with van der Waals surface area (Å²) in [6.45, 7) is 10.4. The SMILES string of the molecule is BC(=O)C(C)C(C)(C)c1ccc(N2C(=O)CC(SC(C)CCCCC)C2=O)cc1. The molecule has 3 unspecified atom stereocenters. The molecule has 0 N–H and O–H groups in total. The minimum Gasteiger partial charge on any atom is -0.312 e. The van der Waals surface area contributed by atoms with Crippen molar-refractivity contribution in [3.8, 4) is 0 Å². The van der Waals surface area contributed by atoms with Crippen molar-refractivity contribution >= 4 is 42.8 Å². The lowest BCUT2D eigenvalue weighted by Gasteiger charge is -2.31. The molecule has 0 aromatic heterocycles. The van der Waals surface area contributed by atoms with Crippen LogP contribution in [0.25, 0.3) is 0 Å². The van der Waals surface area contributed by atoms with E-state index in [4.69, 9.17) is 0 Å². The molecule has 0 bridgehead atoms. The number of imide groups is 1. The Morgan fingerprint density at radius 2 is 1.83 bits per heavy atom. The van der Waals surface area contributed by atoms with Gasteiger partial charge in [0.05, 0.1) is 16.6 Å². The largest absolute Gasteiger partial charge is 0.312 e. The maximum Gasteiger partial charge on any atom is 0.247 e. The second-order valence-electron chi connectivity index (χ2n) is 8.80. The smallest absolute Gasteiger partial charge is 0.247 e. The molecule has 2 amide bonds. The molecule has 0 spiro atoms. The van der Waals surface area contributed by atoms with Crippen LogP contribution in [0.3, 0.4) is 0 Å². The normalized spacial score (nSPS) is 19.5. The molecule has 1 saturated heterocycles. The van der Waals surface area contributed by atoms with E-state index in [0.717, 1.165) is 12.0 Å². The van der Waals surface area contributed by atoms with E-state index >= 15 is 0 Å². The number of benzene rings is 1. The molecule has 6 heteroatoms. The Morgan fingerprint density at radius 1 is 1.21 bits per heavy atom. The van der Waals surface area contributed by atoms with Gasteiger partial charge in [0, 0.05) is 17.6 Å². The van der Waals surface area contributed by atoms with Crippen LogP contribution in [0.2, 0.25) is 0 Å². The first-order chi connectivity index (χ1) is 13.6. The molecule has 1 aromatic carbocycles. The number of rotatable bonds is 10. The van der Waals surface area contributed by atoms with Crippen molar-refractivity contribution in [1.82, 2.24) is 0 Å². The summed E-state index contributed by atoms with van der Waals surface area (Å²) in [6, 6.07) is 7.53. The van der Waals surface area contributed by atoms with Gasteiger partial charge >= 0.3 is 0 Å². The van der Waals surface area contributed by atoms with Crippen LogP contribution in [-0.4, -0.2) is 35.8 Å². The topological polar surface area (TPSA) is 54.5 Å². The molecule has 1 aliphatic heterocycles. The van der Waals surface area contributed by atoms with Crippen LogP contribution >= 0.6 is 11.8 Å². The molecule has 2 rings (SSSR count). The maximum absolute atomic E-state index is 12.9. The van der Waals surface area contributed by atoms with Gasteiger partial charge in [0.25, 0.3) is 0 Å². The van der Waals surface area contributed by atoms with Crippen molar-refractivity contribution < 1.29 is 14.4 Å². The average Bonchev–Trinajstić information content (AvgIpc) is 2.94. The Morgan fingerprint density at radius 3 is 2.38 bits per heavy atom. The van der Waals surface area contributed by atoms with E-state index < -0.39 is 0 Å². The quantitative estimate of drug-likeness (QED) is 0.328. The van der Waals surface area contributed by atoms with E-state index in [2.05, 4.69) is 13.8 Å². The number of anilines is 1. The van der Waals surface area contributed by atoms with Crippen LogP contribution in [0.1, 0.15) is 72.3 Å². The third kappa shape index (κ3) is 5.53. The van der Waals surface area contributed by atoms with E-state index in [1.54, 1.807) is 19.6 Å². The van der Waals surface area contributed by atoms with Gasteiger partial charge in [0.2, 0.25) is 11.8 Å². The number of nitrogens with zero attached hydrogens (tertiary/aromatic N) is 1. The van der Waals surface area contributed by atoms with Crippen molar-refractivity contribution in [2.75, 3.05) is 4.90 Å². The number of carbonyl (C=O) groups is 3. The Labute approximate surface area is 180 Å². The second-order valence-corrected chi connectivity index (χ2v) is 10.4. The van der Waals surface area contributed by atoms with Crippen LogP contribution in [0, 0.1) is 5.92 Å². The Hall–Kier alpha value is -1.56. The predicted molar refractivity (Wildman–Crippen MR) is 124 cm³/mol. The molecule has 29 heavy (non-hydrogen) atoms. The summed E-state index contributed by atoms with van der Waals surface area (Å²) in [5.74, 6) is -0.345. The zero-order chi connectivity index (χ0) is 21.8. The number of thioether (sulfide) groups is 1. The Balaban J connectivity index is 2.09. The summed E-state index contributed by atoms with van der Waals surface area (Å²) in [6.07, 6.45) is 4.91. The lowest BCUT2D eigenvalue weighted by atomic mass is 9.68. The van der Waals surface area contributed by atoms with Crippen LogP contribution in [-0.2, 0) is 19.8 Å². The lowest BCUT2D eigenvalue weighted by molar-refractivity contribution is -0.121. The van der Waals surface area contributed by atoms with Crippen LogP contribution in [0.15, 0.2) is 24.3 Å². The third-order valence-electron chi connectivity index (χ3n) is 6.28. The standard InChI is InChI=1S/C23H34BNO3S/c1-6-7-8-9-15(2)29-19-14-20(26)25(22(19)28)18-12-10-17(11-13-18)23(4,5)16(3)21(24)27/h10-13,15-16,19H,6-9,14,24H2,1-5H3. The molecule has 1 aromatic rings. The van der Waals surface area contributed by atoms with E-state index in [1.165, 1.54) is 24.2 Å². The van der Waals surface area contributed by atoms with Crippen molar-refractivity contribution in [3.63, 3.8) is 0 Å². The van der Waals surface area contributed by atoms with Gasteiger partial charge in [0.1, 0.15) is 0 Å². The van der Waals surface area contributed by atoms with Crippen LogP contribution in [0.4, 0.5) is 5.69 Å². The number of amides is 2. The van der Waals surface area contributed by atoms with Gasteiger partial charge in [-0.3, -0.25) is 9.59 Å². The first-order valence-corrected chi connectivity index (χ1v) is 11.7. The van der Waals surface area contributed by atoms with Crippen molar-refractivity contribution in [2.45, 2.75) is 82.6 Å². The first-order valence-electron chi connectivity index (χ1n) is 10.7. The van der Waals surface area contributed by atoms with Gasteiger partial charge < -0.3 is 4.79 Å². The summed E-state index contributed by atoms with van der Waals surface area (Å²) in [5.41, 5.74) is 1.49. The summed E-state index contributed by atoms with van der Waals surface area (Å²) in [5, 5.41) is 0.0903. The number of hydrogen-bond acceptors (Lipinski definition) is 4. The summed E-state index contributed by atoms with van der Waals surface area (Å²) in [7, 11) is 1.61. The number of hydrogen-bond donors (Lipinski definition) is 0. The molecular formula is C23H34BNO3S. The molecule has 0 radical (unpaired) electrons. The molecule has 0 saturated carbocycles. The highest BCUT2D eigenvalue weighted by molar-refractivity contribution is 8.01. The molecule has 4 nitrogen and oxygen atoms in total. The van der Waals surface area contributed by atoms with Gasteiger partial charge in [-0.1, -0.05) is 66.0 Å². The Kier molecular flexibility index (Phi) is 8.15. The van der Waals surface area contributed by atoms with Gasteiger partial charge in [-0.05, 0) is 29.5 Å². The molecule has 1 heterocycles. The lowest BCUT2D eigenvalue weighted by Crippen LogP contribution is -2.33. The highest BCUT2D eigenvalue weighted by Crippen LogP contribution is 2.36. The first kappa shape index (κ1) is 23.7. The maximum atomic E-state index is 12.9. The zero-order valence-electron chi connectivity index (χ0n) is 18.7. The molecule has 1 fully saturated rings. The van der Waals surface area contributed by atoms with Gasteiger partial charge in [-0.25, -0.2) is 4.90 Å². The molecular weight excluding hydrogens is 381 g/mol. The number of carbonyl (C=O) groups excluding carboxylic acids is 3. The van der Waals surface area contributed by atoms with Gasteiger partial charge in [-0.2, -0.15) is 0 Å². The average molecular weight is 415 g/mol. The highest BCUT2D eigenvalue weighted by Gasteiger charge is 2.40. The van der Waals surface area contributed by atoms with E-state index in [-0.39, 0.29) is 40.5 Å². The summed E-state index contributed by atoms with van der Waals surface area (Å²) < 4.78 is 0. The van der Waals surface area contributed by atoms with Crippen molar-refractivity contribution in [1.29, 1.82) is 0 Å². The fraction of sp³-hybridized carbons (Fsp3) is 0.609. The highest BCUT2D eigenvalue weighted by atomic mass is 32.2. The minimum absolute atomic E-state index is 0.105. The van der Waals surface area contributed by atoms with Crippen LogP contribution in [0.5, 0.6) is 0 Å². The fourth-order valence-electron chi connectivity index (χ4n) is 3.81. The van der Waals surface area contributed by atoms with Crippen molar-refractivity contribution in [3.05, 3.63) is 29.8 Å². The fourth-order valence-corrected chi connectivity index (χ4v) is 5.13. The summed E-state index contributed by atoms with van der Waals surface area (Å²) in [4.78, 5) is 38.6. The summed E-state index contributed by atoms with van der Waals surface area (Å²) >= 11 is 1.63. The predicted octanol–water partition coefficient (Wildman–Crippen LogP) is 4.09. The third-order valence-corrected chi connectivity index (χ3v) is 7.68. The Bertz CT molecular complexity index is 747. The van der Waals surface area contributed by atoms with E-state index in [1.807, 2.05) is 45.0 Å². The molecule has 1 aliphatic rings. The molecule has 0 aliphatic carbocycles. The molecule has 158 valence electrons. The van der Waals surface area contributed by atoms with Gasteiger partial charge in [-0.15, -0.1) is 11.8 Å². The molecule has 3 atom stereocenters. The van der Waals surface area contributed by atoms with Gasteiger partial charge in [0.15, 0.2) is 7.85 Å². The number of unbranched alkanes of at least 4 members (excludes halogenated alkanes) is 2. The van der Waals surface area contributed by atoms with Crippen molar-refractivity contribution in [2.24, 2.45) is 5.92 Å². The minimum atomic E-state index is -0.310. The second kappa shape index (κ2) is 9.97. The van der Waals surface area contributed by atoms with Crippen LogP contribution < -0.4 is 4.90 Å². The van der Waals surface area contributed by atoms with E-state index in [9.17, 15) is 14.4 Å².